The van der Waals surface area contributed by atoms with Gasteiger partial charge in [0.05, 0.1) is 0 Å². The Kier molecular flexibility index (Phi) is 11.1. The molecule has 9 heteroatoms. The Labute approximate surface area is 243 Å². The standard InChI is InChI=1S/2C14H19N3S.Fe/c2*1-18-17-11-16(10-12-6-4-5-9-15-12)13-7-2-3-8-14(13)17;/h2*4-6,9-11,13-14H,2-3,7-8H2,1H3;/q2*-2;+4/b2*12-10-;/t2*13-,14-;/m11./s1. The van der Waals surface area contributed by atoms with Gasteiger partial charge in [0.2, 0.25) is 0 Å². The fourth-order valence-electron chi connectivity index (χ4n) is 5.91. The van der Waals surface area contributed by atoms with E-state index in [-0.39, 0.29) is 17.1 Å². The molecule has 2 saturated heterocycles. The van der Waals surface area contributed by atoms with Gasteiger partial charge in [-0.25, -0.2) is 0 Å². The quantitative estimate of drug-likeness (QED) is 0.199. The number of hydrogen-bond donors (Lipinski definition) is 0. The zero-order valence-corrected chi connectivity index (χ0v) is 24.5. The molecule has 0 aromatic heterocycles. The molecule has 2 saturated carbocycles. The minimum absolute atomic E-state index is 0. The molecule has 6 nitrogen and oxygen atoms in total. The van der Waals surface area contributed by atoms with Crippen molar-refractivity contribution in [3.05, 3.63) is 96.6 Å². The Bertz CT molecular complexity index is 858. The third-order valence-electron chi connectivity index (χ3n) is 7.66. The minimum Gasteiger partial charge on any atom is -0.663 e. The van der Waals surface area contributed by atoms with Crippen LogP contribution < -0.4 is 0 Å². The summed E-state index contributed by atoms with van der Waals surface area (Å²) in [7, 11) is 0. The van der Waals surface area contributed by atoms with E-state index in [9.17, 15) is 0 Å². The van der Waals surface area contributed by atoms with E-state index in [2.05, 4.69) is 79.4 Å². The van der Waals surface area contributed by atoms with Crippen molar-refractivity contribution in [2.45, 2.75) is 75.5 Å². The van der Waals surface area contributed by atoms with Gasteiger partial charge in [-0.2, -0.15) is 25.7 Å². The molecule has 4 heterocycles. The van der Waals surface area contributed by atoms with Crippen LogP contribution in [0.15, 0.2) is 72.7 Å². The number of allylic oxidation sites excluding steroid dienone is 6. The summed E-state index contributed by atoms with van der Waals surface area (Å²) in [6, 6.07) is 2.61. The van der Waals surface area contributed by atoms with Crippen LogP contribution in [0.5, 0.6) is 0 Å². The molecule has 4 atom stereocenters. The van der Waals surface area contributed by atoms with Crippen LogP contribution in [-0.4, -0.2) is 55.1 Å². The Morgan fingerprint density at radius 1 is 0.676 bits per heavy atom. The largest absolute Gasteiger partial charge is 4.00 e. The van der Waals surface area contributed by atoms with Crippen LogP contribution in [0.3, 0.4) is 0 Å². The van der Waals surface area contributed by atoms with Gasteiger partial charge in [0, 0.05) is 24.2 Å². The number of fused-ring (bicyclic) bond motifs is 2. The smallest absolute Gasteiger partial charge is 0.663 e. The van der Waals surface area contributed by atoms with Crippen molar-refractivity contribution >= 4 is 23.9 Å². The predicted octanol–water partition coefficient (Wildman–Crippen LogP) is 7.22. The monoisotopic (exact) mass is 578 g/mol. The topological polar surface area (TPSA) is 41.2 Å². The number of rotatable bonds is 4. The van der Waals surface area contributed by atoms with E-state index in [0.717, 1.165) is 11.4 Å². The number of nitrogens with zero attached hydrogens (tertiary/aromatic N) is 6. The van der Waals surface area contributed by atoms with Gasteiger partial charge in [-0.3, -0.25) is 0 Å². The maximum absolute atomic E-state index is 4.39. The second-order valence-corrected chi connectivity index (χ2v) is 11.4. The molecule has 0 amide bonds. The van der Waals surface area contributed by atoms with Crippen molar-refractivity contribution in [1.82, 2.24) is 18.4 Å². The third kappa shape index (κ3) is 7.06. The van der Waals surface area contributed by atoms with Crippen molar-refractivity contribution in [3.8, 4) is 0 Å². The van der Waals surface area contributed by atoms with E-state index in [0.29, 0.717) is 24.2 Å². The fourth-order valence-corrected chi connectivity index (χ4v) is 7.35. The van der Waals surface area contributed by atoms with Gasteiger partial charge in [-0.05, 0) is 50.6 Å². The average molecular weight is 579 g/mol. The molecule has 4 fully saturated rings. The summed E-state index contributed by atoms with van der Waals surface area (Å²) in [6.07, 6.45) is 35.2. The molecule has 0 aromatic rings. The first kappa shape index (κ1) is 28.8. The fraction of sp³-hybridized carbons (Fsp3) is 0.500. The Balaban J connectivity index is 0.000000168. The van der Waals surface area contributed by atoms with Crippen LogP contribution in [-0.2, 0) is 17.1 Å². The molecular formula is C28H38FeN6S2. The summed E-state index contributed by atoms with van der Waals surface area (Å²) >= 11 is 3.66. The summed E-state index contributed by atoms with van der Waals surface area (Å²) in [6.45, 7) is 4.50. The molecule has 0 N–H and O–H groups in total. The second kappa shape index (κ2) is 14.2. The van der Waals surface area contributed by atoms with Gasteiger partial charge in [0.1, 0.15) is 0 Å². The Morgan fingerprint density at radius 2 is 1.08 bits per heavy atom. The second-order valence-electron chi connectivity index (χ2n) is 9.82. The van der Waals surface area contributed by atoms with E-state index >= 15 is 0 Å². The maximum atomic E-state index is 4.39. The van der Waals surface area contributed by atoms with Crippen molar-refractivity contribution in [2.75, 3.05) is 12.5 Å². The van der Waals surface area contributed by atoms with Gasteiger partial charge in [-0.15, -0.1) is 35.3 Å². The summed E-state index contributed by atoms with van der Waals surface area (Å²) in [5.74, 6) is 0. The molecule has 0 unspecified atom stereocenters. The first-order valence-electron chi connectivity index (χ1n) is 13.2. The van der Waals surface area contributed by atoms with Crippen LogP contribution >= 0.6 is 23.9 Å². The van der Waals surface area contributed by atoms with Gasteiger partial charge in [-0.1, -0.05) is 62.1 Å². The van der Waals surface area contributed by atoms with Crippen LogP contribution in [0, 0.1) is 13.3 Å². The average Bonchev–Trinajstić information content (AvgIpc) is 3.48. The normalized spacial score (nSPS) is 32.9. The summed E-state index contributed by atoms with van der Waals surface area (Å²) in [5.41, 5.74) is 2.09. The van der Waals surface area contributed by atoms with Crippen molar-refractivity contribution < 1.29 is 17.1 Å². The molecule has 6 rings (SSSR count). The van der Waals surface area contributed by atoms with Gasteiger partial charge in [0.25, 0.3) is 0 Å². The van der Waals surface area contributed by atoms with Crippen LogP contribution in [0.1, 0.15) is 51.4 Å². The van der Waals surface area contributed by atoms with Gasteiger partial charge >= 0.3 is 17.1 Å². The zero-order valence-electron chi connectivity index (χ0n) is 21.7. The molecule has 37 heavy (non-hydrogen) atoms. The molecule has 0 radical (unpaired) electrons. The third-order valence-corrected chi connectivity index (χ3v) is 9.24. The van der Waals surface area contributed by atoms with Crippen LogP contribution in [0.2, 0.25) is 0 Å². The van der Waals surface area contributed by atoms with Crippen molar-refractivity contribution in [1.29, 1.82) is 0 Å². The van der Waals surface area contributed by atoms with Crippen molar-refractivity contribution in [3.63, 3.8) is 0 Å². The van der Waals surface area contributed by atoms with Crippen molar-refractivity contribution in [2.24, 2.45) is 0 Å². The maximum Gasteiger partial charge on any atom is 4.00 e. The molecule has 200 valence electrons. The summed E-state index contributed by atoms with van der Waals surface area (Å²) in [5, 5.41) is 8.78. The summed E-state index contributed by atoms with van der Waals surface area (Å²) < 4.78 is 4.81. The first-order valence-corrected chi connectivity index (χ1v) is 15.5. The molecule has 2 aliphatic carbocycles. The van der Waals surface area contributed by atoms with Crippen LogP contribution in [0.25, 0.3) is 10.6 Å². The summed E-state index contributed by atoms with van der Waals surface area (Å²) in [4.78, 5) is 4.73. The Hall–Kier alpha value is -1.22. The van der Waals surface area contributed by atoms with Crippen LogP contribution in [0.4, 0.5) is 0 Å². The first-order chi connectivity index (χ1) is 17.8. The van der Waals surface area contributed by atoms with E-state index in [4.69, 9.17) is 0 Å². The van der Waals surface area contributed by atoms with E-state index in [1.54, 1.807) is 0 Å². The predicted molar refractivity (Wildman–Crippen MR) is 155 cm³/mol. The molecule has 0 spiro atoms. The molecule has 0 aromatic carbocycles. The van der Waals surface area contributed by atoms with Gasteiger partial charge < -0.3 is 29.0 Å². The minimum atomic E-state index is 0. The number of hydrogen-bond acceptors (Lipinski definition) is 6. The molecule has 6 aliphatic rings. The molecular weight excluding hydrogens is 540 g/mol. The Morgan fingerprint density at radius 3 is 1.43 bits per heavy atom. The van der Waals surface area contributed by atoms with E-state index in [1.165, 1.54) is 51.4 Å². The van der Waals surface area contributed by atoms with E-state index < -0.39 is 0 Å². The molecule has 0 bridgehead atoms. The molecule has 4 aliphatic heterocycles. The SMILES string of the molecule is CSN1[CH-]N(/C=C2/C=CC=C[N-]2)[C@@H]2CCCC[C@H]21.CSN1[CH-]N(/C=C2/C=CC=C[N-]2)[C@@H]2CCCC[C@H]21.[Fe+4]. The van der Waals surface area contributed by atoms with Gasteiger partial charge in [0.15, 0.2) is 0 Å². The van der Waals surface area contributed by atoms with E-state index in [1.807, 2.05) is 60.6 Å². The zero-order chi connectivity index (χ0) is 24.7.